The zero-order chi connectivity index (χ0) is 19.7. The number of carbonyl (C=O) groups is 2. The Morgan fingerprint density at radius 3 is 2.39 bits per heavy atom. The van der Waals surface area contributed by atoms with E-state index in [2.05, 4.69) is 4.98 Å². The molecule has 1 aliphatic rings. The SMILES string of the molecule is O=C([O-])[C@H]1c2ccccc2C(=O)N(Cc2ccc(F)cc2)[C@@H]1c1ccncc1. The van der Waals surface area contributed by atoms with Crippen molar-refractivity contribution in [2.75, 3.05) is 0 Å². The van der Waals surface area contributed by atoms with Gasteiger partial charge in [-0.05, 0) is 47.0 Å². The van der Waals surface area contributed by atoms with E-state index in [-0.39, 0.29) is 18.3 Å². The molecule has 1 aliphatic heterocycles. The lowest BCUT2D eigenvalue weighted by atomic mass is 9.80. The van der Waals surface area contributed by atoms with Crippen LogP contribution in [0.3, 0.4) is 0 Å². The molecule has 1 amide bonds. The lowest BCUT2D eigenvalue weighted by Gasteiger charge is -2.43. The average Bonchev–Trinajstić information content (AvgIpc) is 2.71. The second-order valence-electron chi connectivity index (χ2n) is 6.67. The van der Waals surface area contributed by atoms with Crippen LogP contribution in [-0.4, -0.2) is 21.8 Å². The lowest BCUT2D eigenvalue weighted by Crippen LogP contribution is -2.47. The topological polar surface area (TPSA) is 73.3 Å². The number of carboxylic acids is 1. The molecular weight excluding hydrogens is 359 g/mol. The summed E-state index contributed by atoms with van der Waals surface area (Å²) >= 11 is 0. The summed E-state index contributed by atoms with van der Waals surface area (Å²) < 4.78 is 13.3. The van der Waals surface area contributed by atoms with Crippen LogP contribution in [-0.2, 0) is 11.3 Å². The van der Waals surface area contributed by atoms with Gasteiger partial charge < -0.3 is 14.8 Å². The Balaban J connectivity index is 1.86. The standard InChI is InChI=1S/C22H17FN2O3/c23-16-7-5-14(6-8-16)13-25-20(15-9-11-24-12-10-15)19(22(27)28)17-3-1-2-4-18(17)21(25)26/h1-12,19-20H,13H2,(H,27,28)/p-1/t19-,20+/m0/s1. The number of aliphatic carboxylic acids is 1. The summed E-state index contributed by atoms with van der Waals surface area (Å²) in [4.78, 5) is 30.9. The largest absolute Gasteiger partial charge is 0.549 e. The smallest absolute Gasteiger partial charge is 0.255 e. The molecule has 0 saturated carbocycles. The van der Waals surface area contributed by atoms with Crippen molar-refractivity contribution in [3.05, 3.63) is 101 Å². The van der Waals surface area contributed by atoms with E-state index in [4.69, 9.17) is 0 Å². The van der Waals surface area contributed by atoms with Crippen LogP contribution in [0, 0.1) is 5.82 Å². The van der Waals surface area contributed by atoms with Crippen molar-refractivity contribution in [1.82, 2.24) is 9.88 Å². The highest BCUT2D eigenvalue weighted by Gasteiger charge is 2.41. The summed E-state index contributed by atoms with van der Waals surface area (Å²) in [6.45, 7) is 0.143. The minimum absolute atomic E-state index is 0.143. The predicted molar refractivity (Wildman–Crippen MR) is 97.4 cm³/mol. The van der Waals surface area contributed by atoms with E-state index >= 15 is 0 Å². The number of amides is 1. The highest BCUT2D eigenvalue weighted by molar-refractivity contribution is 6.00. The van der Waals surface area contributed by atoms with Crippen molar-refractivity contribution < 1.29 is 19.1 Å². The van der Waals surface area contributed by atoms with E-state index in [1.807, 2.05) is 0 Å². The van der Waals surface area contributed by atoms with Gasteiger partial charge in [-0.3, -0.25) is 9.78 Å². The summed E-state index contributed by atoms with van der Waals surface area (Å²) in [6.07, 6.45) is 3.12. The van der Waals surface area contributed by atoms with Crippen LogP contribution in [0.4, 0.5) is 4.39 Å². The molecule has 2 aromatic carbocycles. The summed E-state index contributed by atoms with van der Waals surface area (Å²) in [6, 6.07) is 15.1. The molecule has 0 spiro atoms. The van der Waals surface area contributed by atoms with Crippen LogP contribution < -0.4 is 5.11 Å². The van der Waals surface area contributed by atoms with Crippen LogP contribution in [0.15, 0.2) is 73.1 Å². The van der Waals surface area contributed by atoms with Crippen LogP contribution in [0.5, 0.6) is 0 Å². The second-order valence-corrected chi connectivity index (χ2v) is 6.67. The van der Waals surface area contributed by atoms with E-state index in [9.17, 15) is 19.1 Å². The summed E-state index contributed by atoms with van der Waals surface area (Å²) in [5.74, 6) is -2.95. The second kappa shape index (κ2) is 7.23. The first-order valence-corrected chi connectivity index (χ1v) is 8.81. The van der Waals surface area contributed by atoms with Gasteiger partial charge in [0.05, 0.1) is 12.0 Å². The van der Waals surface area contributed by atoms with Gasteiger partial charge in [-0.25, -0.2) is 4.39 Å². The van der Waals surface area contributed by atoms with Gasteiger partial charge in [-0.1, -0.05) is 30.3 Å². The van der Waals surface area contributed by atoms with Gasteiger partial charge in [-0.15, -0.1) is 0 Å². The molecule has 2 atom stereocenters. The van der Waals surface area contributed by atoms with Gasteiger partial charge >= 0.3 is 0 Å². The summed E-state index contributed by atoms with van der Waals surface area (Å²) in [7, 11) is 0. The summed E-state index contributed by atoms with van der Waals surface area (Å²) in [5.41, 5.74) is 2.12. The molecule has 0 radical (unpaired) electrons. The van der Waals surface area contributed by atoms with Crippen molar-refractivity contribution in [1.29, 1.82) is 0 Å². The fourth-order valence-electron chi connectivity index (χ4n) is 3.74. The van der Waals surface area contributed by atoms with Crippen molar-refractivity contribution in [2.24, 2.45) is 0 Å². The quantitative estimate of drug-likeness (QED) is 0.702. The van der Waals surface area contributed by atoms with Crippen molar-refractivity contribution in [2.45, 2.75) is 18.5 Å². The molecule has 0 bridgehead atoms. The first kappa shape index (κ1) is 17.9. The number of carboxylic acid groups (broad SMARTS) is 1. The van der Waals surface area contributed by atoms with Crippen molar-refractivity contribution in [3.8, 4) is 0 Å². The fraction of sp³-hybridized carbons (Fsp3) is 0.136. The number of benzene rings is 2. The van der Waals surface area contributed by atoms with Crippen LogP contribution in [0.25, 0.3) is 0 Å². The van der Waals surface area contributed by atoms with Crippen molar-refractivity contribution >= 4 is 11.9 Å². The third-order valence-electron chi connectivity index (χ3n) is 5.01. The molecular formula is C22H16FN2O3-. The van der Waals surface area contributed by atoms with Gasteiger partial charge in [0, 0.05) is 30.4 Å². The number of nitrogens with zero attached hydrogens (tertiary/aromatic N) is 2. The zero-order valence-corrected chi connectivity index (χ0v) is 14.8. The van der Waals surface area contributed by atoms with Gasteiger partial charge in [0.25, 0.3) is 5.91 Å². The minimum atomic E-state index is -1.26. The Hall–Kier alpha value is -3.54. The molecule has 5 nitrogen and oxygen atoms in total. The first-order valence-electron chi connectivity index (χ1n) is 8.81. The molecule has 140 valence electrons. The number of fused-ring (bicyclic) bond motifs is 1. The third kappa shape index (κ3) is 3.13. The van der Waals surface area contributed by atoms with E-state index in [1.54, 1.807) is 60.9 Å². The average molecular weight is 375 g/mol. The Bertz CT molecular complexity index is 1020. The fourth-order valence-corrected chi connectivity index (χ4v) is 3.74. The number of carbonyl (C=O) groups excluding carboxylic acids is 2. The minimum Gasteiger partial charge on any atom is -0.549 e. The molecule has 6 heteroatoms. The highest BCUT2D eigenvalue weighted by Crippen LogP contribution is 2.42. The molecule has 3 aromatic rings. The molecule has 0 aliphatic carbocycles. The van der Waals surface area contributed by atoms with Crippen LogP contribution in [0.2, 0.25) is 0 Å². The molecule has 0 N–H and O–H groups in total. The maximum atomic E-state index is 13.3. The monoisotopic (exact) mass is 375 g/mol. The Morgan fingerprint density at radius 1 is 1.04 bits per heavy atom. The maximum absolute atomic E-state index is 13.3. The number of rotatable bonds is 4. The molecule has 4 rings (SSSR count). The van der Waals surface area contributed by atoms with Crippen LogP contribution >= 0.6 is 0 Å². The van der Waals surface area contributed by atoms with Crippen molar-refractivity contribution in [3.63, 3.8) is 0 Å². The molecule has 0 fully saturated rings. The molecule has 1 aromatic heterocycles. The number of pyridine rings is 1. The normalized spacial score (nSPS) is 18.6. The van der Waals surface area contributed by atoms with Gasteiger partial charge in [0.15, 0.2) is 0 Å². The van der Waals surface area contributed by atoms with Gasteiger partial charge in [0.1, 0.15) is 5.82 Å². The number of hydrogen-bond donors (Lipinski definition) is 0. The number of aromatic nitrogens is 1. The maximum Gasteiger partial charge on any atom is 0.255 e. The third-order valence-corrected chi connectivity index (χ3v) is 5.01. The summed E-state index contributed by atoms with van der Waals surface area (Å²) in [5, 5.41) is 12.1. The van der Waals surface area contributed by atoms with Gasteiger partial charge in [-0.2, -0.15) is 0 Å². The number of halogens is 1. The van der Waals surface area contributed by atoms with E-state index in [0.717, 1.165) is 0 Å². The zero-order valence-electron chi connectivity index (χ0n) is 14.8. The number of hydrogen-bond acceptors (Lipinski definition) is 4. The molecule has 0 saturated heterocycles. The predicted octanol–water partition coefficient (Wildman–Crippen LogP) is 2.45. The van der Waals surface area contributed by atoms with E-state index in [0.29, 0.717) is 22.3 Å². The molecule has 2 heterocycles. The van der Waals surface area contributed by atoms with Crippen LogP contribution in [0.1, 0.15) is 39.0 Å². The Kier molecular flexibility index (Phi) is 4.61. The Labute approximate surface area is 161 Å². The van der Waals surface area contributed by atoms with Gasteiger partial charge in [0.2, 0.25) is 0 Å². The molecule has 28 heavy (non-hydrogen) atoms. The first-order chi connectivity index (χ1) is 13.6. The Morgan fingerprint density at radius 2 is 1.71 bits per heavy atom. The lowest BCUT2D eigenvalue weighted by molar-refractivity contribution is -0.309. The van der Waals surface area contributed by atoms with E-state index in [1.165, 1.54) is 17.0 Å². The van der Waals surface area contributed by atoms with E-state index < -0.39 is 17.9 Å². The highest BCUT2D eigenvalue weighted by atomic mass is 19.1. The molecule has 0 unspecified atom stereocenters.